The van der Waals surface area contributed by atoms with E-state index < -0.39 is 51.9 Å². The molecule has 1 N–H and O–H groups in total. The Labute approximate surface area is 278 Å². The molecule has 0 spiro atoms. The van der Waals surface area contributed by atoms with Crippen LogP contribution >= 0.6 is 11.6 Å². The third-order valence-corrected chi connectivity index (χ3v) is 9.71. The predicted octanol–water partition coefficient (Wildman–Crippen LogP) is 7.11. The molecule has 4 aromatic carbocycles. The molecule has 0 radical (unpaired) electrons. The molecular weight excluding hydrogens is 651 g/mol. The van der Waals surface area contributed by atoms with Crippen molar-refractivity contribution >= 4 is 39.1 Å². The van der Waals surface area contributed by atoms with Gasteiger partial charge in [-0.05, 0) is 54.8 Å². The fourth-order valence-corrected chi connectivity index (χ4v) is 6.60. The molecule has 2 atom stereocenters. The molecule has 0 saturated carbocycles. The highest BCUT2D eigenvalue weighted by molar-refractivity contribution is 7.92. The molecule has 0 aliphatic heterocycles. The second kappa shape index (κ2) is 15.5. The van der Waals surface area contributed by atoms with Crippen molar-refractivity contribution in [1.82, 2.24) is 10.2 Å². The van der Waals surface area contributed by atoms with Crippen LogP contribution in [0.4, 0.5) is 18.9 Å². The van der Waals surface area contributed by atoms with Crippen molar-refractivity contribution in [2.45, 2.75) is 56.4 Å². The Balaban J connectivity index is 1.86. The van der Waals surface area contributed by atoms with E-state index in [1.165, 1.54) is 29.2 Å². The van der Waals surface area contributed by atoms with Crippen molar-refractivity contribution in [3.63, 3.8) is 0 Å². The Morgan fingerprint density at radius 2 is 1.40 bits per heavy atom. The molecule has 4 rings (SSSR count). The van der Waals surface area contributed by atoms with Gasteiger partial charge in [0.25, 0.3) is 10.0 Å². The van der Waals surface area contributed by atoms with Crippen molar-refractivity contribution in [3.05, 3.63) is 131 Å². The van der Waals surface area contributed by atoms with Gasteiger partial charge in [0, 0.05) is 19.0 Å². The number of benzene rings is 4. The van der Waals surface area contributed by atoms with Gasteiger partial charge in [0.2, 0.25) is 11.8 Å². The first-order valence-corrected chi connectivity index (χ1v) is 16.7. The number of amides is 2. The fraction of sp³-hybridized carbons (Fsp3) is 0.257. The number of halogens is 4. The molecule has 12 heteroatoms. The van der Waals surface area contributed by atoms with Gasteiger partial charge in [-0.3, -0.25) is 13.9 Å². The second-order valence-corrected chi connectivity index (χ2v) is 13.3. The number of alkyl halides is 3. The first-order valence-electron chi connectivity index (χ1n) is 14.9. The summed E-state index contributed by atoms with van der Waals surface area (Å²) in [4.78, 5) is 29.3. The van der Waals surface area contributed by atoms with E-state index in [0.29, 0.717) is 22.4 Å². The maximum absolute atomic E-state index is 14.5. The summed E-state index contributed by atoms with van der Waals surface area (Å²) in [5.41, 5.74) is -0.266. The quantitative estimate of drug-likeness (QED) is 0.163. The number of anilines is 1. The standard InChI is InChI=1S/C35H35ClF3N3O4S/c1-3-25(2)40-34(44)32(21-26-13-7-4-8-14-26)41(23-27-15-9-5-10-16-27)33(43)24-42(47(45,46)29-17-11-6-12-18-29)31-22-28(35(37,38)39)19-20-30(31)36/h4-20,22,25,32H,3,21,23-24H2,1-2H3,(H,40,44). The molecule has 2 amide bonds. The lowest BCUT2D eigenvalue weighted by atomic mass is 10.0. The number of nitrogens with one attached hydrogen (secondary N) is 1. The van der Waals surface area contributed by atoms with Gasteiger partial charge in [-0.25, -0.2) is 8.42 Å². The average molecular weight is 686 g/mol. The largest absolute Gasteiger partial charge is 0.416 e. The summed E-state index contributed by atoms with van der Waals surface area (Å²) >= 11 is 6.36. The maximum Gasteiger partial charge on any atom is 0.416 e. The first-order chi connectivity index (χ1) is 22.3. The normalized spacial score (nSPS) is 13.0. The van der Waals surface area contributed by atoms with Crippen LogP contribution in [0.25, 0.3) is 0 Å². The van der Waals surface area contributed by atoms with Crippen molar-refractivity contribution in [1.29, 1.82) is 0 Å². The monoisotopic (exact) mass is 685 g/mol. The lowest BCUT2D eigenvalue weighted by Gasteiger charge is -2.34. The summed E-state index contributed by atoms with van der Waals surface area (Å²) < 4.78 is 70.2. The van der Waals surface area contributed by atoms with Crippen LogP contribution in [0.3, 0.4) is 0 Å². The number of nitrogens with zero attached hydrogens (tertiary/aromatic N) is 2. The molecule has 0 aliphatic rings. The van der Waals surface area contributed by atoms with Crippen molar-refractivity contribution in [2.75, 3.05) is 10.8 Å². The predicted molar refractivity (Wildman–Crippen MR) is 176 cm³/mol. The summed E-state index contributed by atoms with van der Waals surface area (Å²) in [5, 5.41) is 2.62. The molecule has 0 aliphatic carbocycles. The number of hydrogen-bond acceptors (Lipinski definition) is 4. The van der Waals surface area contributed by atoms with Crippen molar-refractivity contribution in [2.24, 2.45) is 0 Å². The van der Waals surface area contributed by atoms with Gasteiger partial charge in [-0.2, -0.15) is 13.2 Å². The highest BCUT2D eigenvalue weighted by Gasteiger charge is 2.37. The van der Waals surface area contributed by atoms with Crippen LogP contribution in [0.15, 0.2) is 114 Å². The zero-order valence-corrected chi connectivity index (χ0v) is 27.4. The Morgan fingerprint density at radius 3 is 1.96 bits per heavy atom. The van der Waals surface area contributed by atoms with Crippen LogP contribution in [-0.4, -0.2) is 43.8 Å². The van der Waals surface area contributed by atoms with Gasteiger partial charge in [0.05, 0.1) is 21.2 Å². The van der Waals surface area contributed by atoms with Crippen LogP contribution in [-0.2, 0) is 38.8 Å². The zero-order valence-electron chi connectivity index (χ0n) is 25.8. The van der Waals surface area contributed by atoms with Crippen molar-refractivity contribution < 1.29 is 31.2 Å². The summed E-state index contributed by atoms with van der Waals surface area (Å²) in [6.07, 6.45) is -4.11. The summed E-state index contributed by atoms with van der Waals surface area (Å²) in [7, 11) is -4.63. The highest BCUT2D eigenvalue weighted by Crippen LogP contribution is 2.37. The van der Waals surface area contributed by atoms with Crippen LogP contribution in [0.2, 0.25) is 5.02 Å². The van der Waals surface area contributed by atoms with Crippen molar-refractivity contribution in [3.8, 4) is 0 Å². The Kier molecular flexibility index (Phi) is 11.7. The van der Waals surface area contributed by atoms with E-state index in [1.54, 1.807) is 48.5 Å². The Bertz CT molecular complexity index is 1760. The second-order valence-electron chi connectivity index (χ2n) is 11.0. The molecular formula is C35H35ClF3N3O4S. The number of carbonyl (C=O) groups is 2. The van der Waals surface area contributed by atoms with Crippen LogP contribution in [0.5, 0.6) is 0 Å². The summed E-state index contributed by atoms with van der Waals surface area (Å²) in [6.45, 7) is 2.70. The molecule has 248 valence electrons. The van der Waals surface area contributed by atoms with E-state index in [1.807, 2.05) is 32.0 Å². The van der Waals surface area contributed by atoms with Gasteiger partial charge < -0.3 is 10.2 Å². The third-order valence-electron chi connectivity index (χ3n) is 7.62. The minimum absolute atomic E-state index is 0.0827. The van der Waals surface area contributed by atoms with Crippen LogP contribution in [0, 0.1) is 0 Å². The average Bonchev–Trinajstić information content (AvgIpc) is 3.06. The minimum Gasteiger partial charge on any atom is -0.352 e. The number of carbonyl (C=O) groups excluding carboxylic acids is 2. The topological polar surface area (TPSA) is 86.8 Å². The molecule has 47 heavy (non-hydrogen) atoms. The van der Waals surface area contributed by atoms with E-state index >= 15 is 0 Å². The zero-order chi connectivity index (χ0) is 34.2. The van der Waals surface area contributed by atoms with Gasteiger partial charge in [-0.1, -0.05) is 97.4 Å². The molecule has 7 nitrogen and oxygen atoms in total. The van der Waals surface area contributed by atoms with Crippen LogP contribution < -0.4 is 9.62 Å². The summed E-state index contributed by atoms with van der Waals surface area (Å²) in [5.74, 6) is -1.27. The highest BCUT2D eigenvalue weighted by atomic mass is 35.5. The molecule has 0 heterocycles. The smallest absolute Gasteiger partial charge is 0.352 e. The van der Waals surface area contributed by atoms with E-state index in [-0.39, 0.29) is 28.9 Å². The fourth-order valence-electron chi connectivity index (χ4n) is 4.89. The number of hydrogen-bond donors (Lipinski definition) is 1. The van der Waals surface area contributed by atoms with E-state index in [0.717, 1.165) is 17.7 Å². The van der Waals surface area contributed by atoms with Gasteiger partial charge in [0.15, 0.2) is 0 Å². The van der Waals surface area contributed by atoms with Gasteiger partial charge in [-0.15, -0.1) is 0 Å². The summed E-state index contributed by atoms with van der Waals surface area (Å²) in [6, 6.07) is 25.8. The SMILES string of the molecule is CCC(C)NC(=O)C(Cc1ccccc1)N(Cc1ccccc1)C(=O)CN(c1cc(C(F)(F)F)ccc1Cl)S(=O)(=O)c1ccccc1. The molecule has 4 aromatic rings. The molecule has 2 unspecified atom stereocenters. The Hall–Kier alpha value is -4.35. The number of rotatable bonds is 13. The van der Waals surface area contributed by atoms with Gasteiger partial charge >= 0.3 is 6.18 Å². The molecule has 0 aromatic heterocycles. The van der Waals surface area contributed by atoms with E-state index in [9.17, 15) is 31.2 Å². The lowest BCUT2D eigenvalue weighted by Crippen LogP contribution is -2.54. The third kappa shape index (κ3) is 9.14. The van der Waals surface area contributed by atoms with E-state index in [4.69, 9.17) is 11.6 Å². The lowest BCUT2D eigenvalue weighted by molar-refractivity contribution is -0.140. The molecule has 0 saturated heterocycles. The minimum atomic E-state index is -4.82. The van der Waals surface area contributed by atoms with E-state index in [2.05, 4.69) is 5.32 Å². The maximum atomic E-state index is 14.5. The number of sulfonamides is 1. The first kappa shape index (κ1) is 35.5. The van der Waals surface area contributed by atoms with Gasteiger partial charge in [0.1, 0.15) is 12.6 Å². The molecule has 0 fully saturated rings. The van der Waals surface area contributed by atoms with Crippen LogP contribution in [0.1, 0.15) is 37.0 Å². The molecule has 0 bridgehead atoms. The Morgan fingerprint density at radius 1 is 0.851 bits per heavy atom.